The van der Waals surface area contributed by atoms with E-state index in [1.807, 2.05) is 6.07 Å². The van der Waals surface area contributed by atoms with Gasteiger partial charge in [-0.15, -0.1) is 11.8 Å². The van der Waals surface area contributed by atoms with Gasteiger partial charge in [0.25, 0.3) is 0 Å². The van der Waals surface area contributed by atoms with E-state index >= 15 is 0 Å². The van der Waals surface area contributed by atoms with Crippen molar-refractivity contribution in [3.63, 3.8) is 0 Å². The Morgan fingerprint density at radius 3 is 2.61 bits per heavy atom. The number of halogens is 2. The van der Waals surface area contributed by atoms with E-state index in [0.29, 0.717) is 17.2 Å². The van der Waals surface area contributed by atoms with Gasteiger partial charge in [0.2, 0.25) is 0 Å². The smallest absolute Gasteiger partial charge is 0.307 e. The van der Waals surface area contributed by atoms with E-state index in [4.69, 9.17) is 9.84 Å². The number of rotatable bonds is 7. The van der Waals surface area contributed by atoms with Gasteiger partial charge in [0.15, 0.2) is 17.4 Å². The van der Waals surface area contributed by atoms with Crippen LogP contribution in [-0.4, -0.2) is 21.3 Å². The lowest BCUT2D eigenvalue weighted by molar-refractivity contribution is -0.138. The molecule has 2 fully saturated rings. The van der Waals surface area contributed by atoms with E-state index < -0.39 is 29.3 Å². The van der Waals surface area contributed by atoms with Crippen molar-refractivity contribution in [1.82, 2.24) is 4.98 Å². The number of aromatic nitrogens is 1. The van der Waals surface area contributed by atoms with Crippen molar-refractivity contribution in [3.8, 4) is 5.75 Å². The Balaban J connectivity index is 1.46. The highest BCUT2D eigenvalue weighted by molar-refractivity contribution is 7.99. The molecule has 2 atom stereocenters. The molecular formula is C21H21F2NO3S. The number of ether oxygens (including phenoxy) is 1. The van der Waals surface area contributed by atoms with Gasteiger partial charge in [-0.3, -0.25) is 4.79 Å². The van der Waals surface area contributed by atoms with Gasteiger partial charge in [0.1, 0.15) is 11.6 Å². The van der Waals surface area contributed by atoms with Crippen molar-refractivity contribution in [2.75, 3.05) is 0 Å². The van der Waals surface area contributed by atoms with Gasteiger partial charge in [0, 0.05) is 17.0 Å². The molecule has 0 amide bonds. The van der Waals surface area contributed by atoms with Crippen molar-refractivity contribution in [3.05, 3.63) is 53.2 Å². The Bertz CT molecular complexity index is 863. The van der Waals surface area contributed by atoms with Crippen molar-refractivity contribution < 1.29 is 23.4 Å². The Morgan fingerprint density at radius 1 is 1.25 bits per heavy atom. The van der Waals surface area contributed by atoms with Crippen molar-refractivity contribution >= 4 is 17.7 Å². The van der Waals surface area contributed by atoms with E-state index in [9.17, 15) is 13.6 Å². The van der Waals surface area contributed by atoms with Crippen LogP contribution in [0.4, 0.5) is 8.78 Å². The van der Waals surface area contributed by atoms with Gasteiger partial charge in [-0.05, 0) is 48.9 Å². The van der Waals surface area contributed by atoms with Crippen LogP contribution in [0.5, 0.6) is 5.75 Å². The molecule has 0 aliphatic heterocycles. The zero-order valence-electron chi connectivity index (χ0n) is 15.2. The van der Waals surface area contributed by atoms with Crippen LogP contribution in [0.3, 0.4) is 0 Å². The first kappa shape index (κ1) is 19.2. The van der Waals surface area contributed by atoms with Crippen LogP contribution in [0.25, 0.3) is 0 Å². The minimum absolute atomic E-state index is 0.0251. The highest BCUT2D eigenvalue weighted by Gasteiger charge is 2.44. The molecular weight excluding hydrogens is 384 g/mol. The van der Waals surface area contributed by atoms with E-state index in [1.165, 1.54) is 25.0 Å². The molecule has 1 aromatic heterocycles. The van der Waals surface area contributed by atoms with Gasteiger partial charge in [-0.25, -0.2) is 13.8 Å². The fraction of sp³-hybridized carbons (Fsp3) is 0.429. The lowest BCUT2D eigenvalue weighted by Crippen LogP contribution is -2.05. The number of pyridine rings is 1. The zero-order valence-corrected chi connectivity index (χ0v) is 16.1. The number of carboxylic acid groups (broad SMARTS) is 1. The summed E-state index contributed by atoms with van der Waals surface area (Å²) < 4.78 is 34.3. The molecule has 2 saturated carbocycles. The second-order valence-electron chi connectivity index (χ2n) is 7.38. The molecule has 1 N–H and O–H groups in total. The van der Waals surface area contributed by atoms with Gasteiger partial charge in [0.05, 0.1) is 5.92 Å². The van der Waals surface area contributed by atoms with Gasteiger partial charge >= 0.3 is 5.97 Å². The number of carbonyl (C=O) groups is 1. The van der Waals surface area contributed by atoms with Crippen LogP contribution < -0.4 is 4.74 Å². The third-order valence-electron chi connectivity index (χ3n) is 5.36. The fourth-order valence-electron chi connectivity index (χ4n) is 3.72. The summed E-state index contributed by atoms with van der Waals surface area (Å²) in [6.07, 6.45) is 6.89. The highest BCUT2D eigenvalue weighted by atomic mass is 32.2. The van der Waals surface area contributed by atoms with Crippen LogP contribution >= 0.6 is 11.8 Å². The van der Waals surface area contributed by atoms with Gasteiger partial charge in [-0.1, -0.05) is 18.9 Å². The second-order valence-corrected chi connectivity index (χ2v) is 8.67. The quantitative estimate of drug-likeness (QED) is 0.689. The Morgan fingerprint density at radius 2 is 1.96 bits per heavy atom. The molecule has 148 valence electrons. The molecule has 2 aliphatic rings. The van der Waals surface area contributed by atoms with Gasteiger partial charge < -0.3 is 9.84 Å². The highest BCUT2D eigenvalue weighted by Crippen LogP contribution is 2.48. The largest absolute Gasteiger partial charge is 0.483 e. The van der Waals surface area contributed by atoms with E-state index in [-0.39, 0.29) is 12.5 Å². The molecule has 2 aromatic rings. The van der Waals surface area contributed by atoms with Crippen molar-refractivity contribution in [2.24, 2.45) is 5.92 Å². The minimum atomic E-state index is -0.935. The topological polar surface area (TPSA) is 59.4 Å². The summed E-state index contributed by atoms with van der Waals surface area (Å²) in [5.74, 6) is -3.87. The Kier molecular flexibility index (Phi) is 5.53. The molecule has 2 aliphatic carbocycles. The van der Waals surface area contributed by atoms with Crippen molar-refractivity contribution in [1.29, 1.82) is 0 Å². The normalized spacial score (nSPS) is 21.6. The number of thioether (sulfide) groups is 1. The number of nitrogens with zero attached hydrogens (tertiary/aromatic N) is 1. The van der Waals surface area contributed by atoms with Crippen LogP contribution in [0, 0.1) is 17.6 Å². The summed E-state index contributed by atoms with van der Waals surface area (Å²) in [5, 5.41) is 10.4. The second kappa shape index (κ2) is 8.07. The maximum atomic E-state index is 14.4. The Hall–Kier alpha value is -2.15. The molecule has 0 spiro atoms. The molecule has 0 saturated heterocycles. The molecule has 1 aromatic carbocycles. The average molecular weight is 405 g/mol. The summed E-state index contributed by atoms with van der Waals surface area (Å²) in [4.78, 5) is 15.4. The van der Waals surface area contributed by atoms with Crippen molar-refractivity contribution in [2.45, 2.75) is 54.9 Å². The minimum Gasteiger partial charge on any atom is -0.483 e. The van der Waals surface area contributed by atoms with Gasteiger partial charge in [-0.2, -0.15) is 0 Å². The van der Waals surface area contributed by atoms with Crippen LogP contribution in [0.15, 0.2) is 35.5 Å². The molecule has 2 unspecified atom stereocenters. The number of carboxylic acids is 1. The van der Waals surface area contributed by atoms with E-state index in [0.717, 1.165) is 23.4 Å². The summed E-state index contributed by atoms with van der Waals surface area (Å²) in [6.45, 7) is 0.0251. The molecule has 28 heavy (non-hydrogen) atoms. The standard InChI is InChI=1S/C21H21F2NO3S/c22-17-8-13(15-10-16(15)21(25)26)9-18(23)19(17)27-11-12-4-3-7-24-20(12)28-14-5-1-2-6-14/h3-4,7-9,14-16H,1-2,5-6,10-11H2,(H,25,26). The molecule has 0 radical (unpaired) electrons. The zero-order chi connectivity index (χ0) is 19.7. The Labute approximate surface area is 166 Å². The predicted molar refractivity (Wildman–Crippen MR) is 102 cm³/mol. The number of hydrogen-bond donors (Lipinski definition) is 1. The fourth-order valence-corrected chi connectivity index (χ4v) is 5.01. The van der Waals surface area contributed by atoms with Crippen LogP contribution in [0.2, 0.25) is 0 Å². The number of benzene rings is 1. The molecule has 1 heterocycles. The lowest BCUT2D eigenvalue weighted by atomic mass is 10.1. The predicted octanol–water partition coefficient (Wildman–Crippen LogP) is 5.16. The van der Waals surface area contributed by atoms with Crippen LogP contribution in [0.1, 0.15) is 49.1 Å². The molecule has 7 heteroatoms. The summed E-state index contributed by atoms with van der Waals surface area (Å²) in [7, 11) is 0. The maximum absolute atomic E-state index is 14.4. The number of aliphatic carboxylic acids is 1. The van der Waals surface area contributed by atoms with E-state index in [1.54, 1.807) is 24.0 Å². The first-order valence-electron chi connectivity index (χ1n) is 9.48. The first-order valence-corrected chi connectivity index (χ1v) is 10.4. The molecule has 4 nitrogen and oxygen atoms in total. The number of hydrogen-bond acceptors (Lipinski definition) is 4. The molecule has 0 bridgehead atoms. The lowest BCUT2D eigenvalue weighted by Gasteiger charge is -2.14. The third-order valence-corrected chi connectivity index (χ3v) is 6.75. The molecule has 4 rings (SSSR count). The van der Waals surface area contributed by atoms with E-state index in [2.05, 4.69) is 4.98 Å². The monoisotopic (exact) mass is 405 g/mol. The van der Waals surface area contributed by atoms with Crippen LogP contribution in [-0.2, 0) is 11.4 Å². The SMILES string of the molecule is O=C(O)C1CC1c1cc(F)c(OCc2cccnc2SC2CCCC2)c(F)c1. The third kappa shape index (κ3) is 4.14. The average Bonchev–Trinajstić information content (AvgIpc) is 3.32. The summed E-state index contributed by atoms with van der Waals surface area (Å²) in [5.41, 5.74) is 1.17. The first-order chi connectivity index (χ1) is 13.5. The maximum Gasteiger partial charge on any atom is 0.307 e. The summed E-state index contributed by atoms with van der Waals surface area (Å²) in [6, 6.07) is 6.01. The summed E-state index contributed by atoms with van der Waals surface area (Å²) >= 11 is 1.70.